The molecule has 0 aromatic heterocycles. The first-order valence-electron chi connectivity index (χ1n) is 10.4. The first kappa shape index (κ1) is 21.3. The van der Waals surface area contributed by atoms with Gasteiger partial charge in [-0.3, -0.25) is 9.69 Å². The van der Waals surface area contributed by atoms with Gasteiger partial charge in [0.05, 0.1) is 6.04 Å². The first-order chi connectivity index (χ1) is 13.9. The van der Waals surface area contributed by atoms with E-state index in [2.05, 4.69) is 60.3 Å². The van der Waals surface area contributed by atoms with Crippen LogP contribution in [0.3, 0.4) is 0 Å². The fourth-order valence-corrected chi connectivity index (χ4v) is 3.59. The van der Waals surface area contributed by atoms with Crippen LogP contribution in [-0.2, 0) is 4.79 Å². The Hall–Kier alpha value is -2.37. The second-order valence-corrected chi connectivity index (χ2v) is 8.10. The molecule has 1 aliphatic rings. The maximum atomic E-state index is 12.4. The van der Waals surface area contributed by atoms with Gasteiger partial charge in [-0.25, -0.2) is 0 Å². The molecular formula is C24H33N3O2. The van der Waals surface area contributed by atoms with E-state index in [0.29, 0.717) is 6.54 Å². The fourth-order valence-electron chi connectivity index (χ4n) is 3.59. The number of aryl methyl sites for hydroxylation is 3. The average Bonchev–Trinajstić information content (AvgIpc) is 2.71. The molecule has 1 amide bonds. The molecule has 0 bridgehead atoms. The topological polar surface area (TPSA) is 44.8 Å². The number of nitrogens with zero attached hydrogens (tertiary/aromatic N) is 2. The molecule has 5 nitrogen and oxygen atoms in total. The zero-order valence-corrected chi connectivity index (χ0v) is 18.1. The number of likely N-dealkylation sites (N-methyl/N-ethyl adjacent to an activating group) is 1. The Kier molecular flexibility index (Phi) is 7.29. The number of hydrogen-bond donors (Lipinski definition) is 1. The van der Waals surface area contributed by atoms with Gasteiger partial charge in [0.1, 0.15) is 5.75 Å². The highest BCUT2D eigenvalue weighted by molar-refractivity contribution is 5.77. The number of benzene rings is 2. The third kappa shape index (κ3) is 6.05. The lowest BCUT2D eigenvalue weighted by molar-refractivity contribution is -0.123. The molecule has 1 heterocycles. The normalized spacial score (nSPS) is 16.4. The fraction of sp³-hybridized carbons (Fsp3) is 0.458. The molecule has 29 heavy (non-hydrogen) atoms. The molecule has 1 N–H and O–H groups in total. The van der Waals surface area contributed by atoms with Crippen LogP contribution in [0.15, 0.2) is 42.5 Å². The summed E-state index contributed by atoms with van der Waals surface area (Å²) in [6, 6.07) is 14.7. The van der Waals surface area contributed by atoms with E-state index in [1.54, 1.807) is 0 Å². The molecule has 5 heteroatoms. The van der Waals surface area contributed by atoms with Gasteiger partial charge in [-0.1, -0.05) is 35.9 Å². The van der Waals surface area contributed by atoms with E-state index in [1.807, 2.05) is 25.1 Å². The van der Waals surface area contributed by atoms with Crippen LogP contribution < -0.4 is 10.1 Å². The maximum Gasteiger partial charge on any atom is 0.258 e. The van der Waals surface area contributed by atoms with Crippen molar-refractivity contribution in [2.45, 2.75) is 26.8 Å². The lowest BCUT2D eigenvalue weighted by Crippen LogP contribution is -2.48. The summed E-state index contributed by atoms with van der Waals surface area (Å²) in [6.45, 7) is 10.9. The lowest BCUT2D eigenvalue weighted by Gasteiger charge is -2.38. The summed E-state index contributed by atoms with van der Waals surface area (Å²) in [6.07, 6.45) is 0. The summed E-state index contributed by atoms with van der Waals surface area (Å²) in [5, 5.41) is 3.08. The van der Waals surface area contributed by atoms with Crippen molar-refractivity contribution < 1.29 is 9.53 Å². The molecule has 1 saturated heterocycles. The van der Waals surface area contributed by atoms with E-state index in [4.69, 9.17) is 4.74 Å². The number of piperazine rings is 1. The zero-order valence-electron chi connectivity index (χ0n) is 18.1. The minimum atomic E-state index is -0.0885. The number of amides is 1. The zero-order chi connectivity index (χ0) is 20.8. The first-order valence-corrected chi connectivity index (χ1v) is 10.4. The van der Waals surface area contributed by atoms with E-state index >= 15 is 0 Å². The van der Waals surface area contributed by atoms with Crippen molar-refractivity contribution in [2.75, 3.05) is 46.4 Å². The Balaban J connectivity index is 1.59. The van der Waals surface area contributed by atoms with Gasteiger partial charge >= 0.3 is 0 Å². The van der Waals surface area contributed by atoms with Crippen LogP contribution in [0.2, 0.25) is 0 Å². The van der Waals surface area contributed by atoms with Crippen molar-refractivity contribution in [1.82, 2.24) is 15.1 Å². The number of carbonyl (C=O) groups is 1. The van der Waals surface area contributed by atoms with Crippen LogP contribution in [0.4, 0.5) is 0 Å². The van der Waals surface area contributed by atoms with Crippen LogP contribution in [0.25, 0.3) is 0 Å². The van der Waals surface area contributed by atoms with E-state index in [0.717, 1.165) is 37.5 Å². The highest BCUT2D eigenvalue weighted by Crippen LogP contribution is 2.22. The molecule has 0 aliphatic carbocycles. The van der Waals surface area contributed by atoms with Gasteiger partial charge in [0.25, 0.3) is 5.91 Å². The second-order valence-electron chi connectivity index (χ2n) is 8.10. The number of ether oxygens (including phenoxy) is 1. The predicted octanol–water partition coefficient (Wildman–Crippen LogP) is 3.10. The third-order valence-corrected chi connectivity index (χ3v) is 5.78. The molecule has 2 aromatic carbocycles. The van der Waals surface area contributed by atoms with Gasteiger partial charge in [0, 0.05) is 32.7 Å². The number of hydrogen-bond acceptors (Lipinski definition) is 4. The molecule has 0 saturated carbocycles. The van der Waals surface area contributed by atoms with Crippen LogP contribution >= 0.6 is 0 Å². The van der Waals surface area contributed by atoms with Crippen LogP contribution in [-0.4, -0.2) is 62.1 Å². The van der Waals surface area contributed by atoms with Gasteiger partial charge in [-0.2, -0.15) is 0 Å². The monoisotopic (exact) mass is 395 g/mol. The smallest absolute Gasteiger partial charge is 0.258 e. The number of nitrogens with one attached hydrogen (secondary N) is 1. The molecule has 1 unspecified atom stereocenters. The molecule has 3 rings (SSSR count). The molecular weight excluding hydrogens is 362 g/mol. The summed E-state index contributed by atoms with van der Waals surface area (Å²) in [7, 11) is 2.16. The van der Waals surface area contributed by atoms with Crippen LogP contribution in [0.1, 0.15) is 28.3 Å². The van der Waals surface area contributed by atoms with Gasteiger partial charge in [0.15, 0.2) is 6.61 Å². The Morgan fingerprint density at radius 1 is 1.00 bits per heavy atom. The predicted molar refractivity (Wildman–Crippen MR) is 117 cm³/mol. The summed E-state index contributed by atoms with van der Waals surface area (Å²) >= 11 is 0. The van der Waals surface area contributed by atoms with Crippen LogP contribution in [0, 0.1) is 20.8 Å². The van der Waals surface area contributed by atoms with E-state index in [1.165, 1.54) is 16.7 Å². The molecule has 0 spiro atoms. The highest BCUT2D eigenvalue weighted by atomic mass is 16.5. The molecule has 0 radical (unpaired) electrons. The van der Waals surface area contributed by atoms with Crippen molar-refractivity contribution in [2.24, 2.45) is 0 Å². The molecule has 1 fully saturated rings. The van der Waals surface area contributed by atoms with Gasteiger partial charge in [0.2, 0.25) is 0 Å². The highest BCUT2D eigenvalue weighted by Gasteiger charge is 2.24. The van der Waals surface area contributed by atoms with Crippen molar-refractivity contribution in [3.05, 3.63) is 64.7 Å². The van der Waals surface area contributed by atoms with Gasteiger partial charge < -0.3 is 15.0 Å². The third-order valence-electron chi connectivity index (χ3n) is 5.78. The molecule has 1 aliphatic heterocycles. The van der Waals surface area contributed by atoms with Crippen molar-refractivity contribution in [3.8, 4) is 5.75 Å². The lowest BCUT2D eigenvalue weighted by atomic mass is 10.0. The minimum absolute atomic E-state index is 0.0336. The number of rotatable bonds is 7. The van der Waals surface area contributed by atoms with Crippen molar-refractivity contribution in [3.63, 3.8) is 0 Å². The Bertz CT molecular complexity index is 811. The Morgan fingerprint density at radius 2 is 1.69 bits per heavy atom. The summed E-state index contributed by atoms with van der Waals surface area (Å²) < 4.78 is 5.68. The molecule has 2 aromatic rings. The van der Waals surface area contributed by atoms with Gasteiger partial charge in [-0.15, -0.1) is 0 Å². The van der Waals surface area contributed by atoms with E-state index < -0.39 is 0 Å². The summed E-state index contributed by atoms with van der Waals surface area (Å²) in [5.41, 5.74) is 4.87. The Morgan fingerprint density at radius 3 is 2.34 bits per heavy atom. The van der Waals surface area contributed by atoms with E-state index in [9.17, 15) is 4.79 Å². The summed E-state index contributed by atoms with van der Waals surface area (Å²) in [5.74, 6) is 0.645. The van der Waals surface area contributed by atoms with E-state index in [-0.39, 0.29) is 18.6 Å². The standard InChI is InChI=1S/C24H33N3O2/c1-18-5-8-21(9-6-18)23(27-13-11-26(4)12-14-27)16-25-24(28)17-29-22-10-7-19(2)20(3)15-22/h5-10,15,23H,11-14,16-17H2,1-4H3,(H,25,28). The van der Waals surface area contributed by atoms with Gasteiger partial charge in [-0.05, 0) is 56.6 Å². The second kappa shape index (κ2) is 9.90. The molecule has 1 atom stereocenters. The van der Waals surface area contributed by atoms with Crippen molar-refractivity contribution >= 4 is 5.91 Å². The van der Waals surface area contributed by atoms with Crippen molar-refractivity contribution in [1.29, 1.82) is 0 Å². The largest absolute Gasteiger partial charge is 0.484 e. The maximum absolute atomic E-state index is 12.4. The summed E-state index contributed by atoms with van der Waals surface area (Å²) in [4.78, 5) is 17.2. The van der Waals surface area contributed by atoms with Crippen LogP contribution in [0.5, 0.6) is 5.75 Å². The SMILES string of the molecule is Cc1ccc(C(CNC(=O)COc2ccc(C)c(C)c2)N2CCN(C)CC2)cc1. The molecule has 156 valence electrons. The average molecular weight is 396 g/mol. The Labute approximate surface area is 174 Å². The minimum Gasteiger partial charge on any atom is -0.484 e. The quantitative estimate of drug-likeness (QED) is 0.783. The number of carbonyl (C=O) groups excluding carboxylic acids is 1.